The minimum Gasteiger partial charge on any atom is -0.258 e. The Kier molecular flexibility index (Phi) is 3.09. The lowest BCUT2D eigenvalue weighted by Crippen LogP contribution is -1.94. The molecule has 0 saturated heterocycles. The van der Waals surface area contributed by atoms with Crippen LogP contribution in [0.4, 0.5) is 5.69 Å². The highest BCUT2D eigenvalue weighted by molar-refractivity contribution is 5.44. The van der Waals surface area contributed by atoms with Crippen molar-refractivity contribution in [2.75, 3.05) is 0 Å². The van der Waals surface area contributed by atoms with Crippen LogP contribution in [0.5, 0.6) is 0 Å². The molecule has 0 aromatic heterocycles. The summed E-state index contributed by atoms with van der Waals surface area (Å²) in [5.74, 6) is 0. The summed E-state index contributed by atoms with van der Waals surface area (Å²) in [7, 11) is 0. The number of benzene rings is 1. The first kappa shape index (κ1) is 10.1. The molecule has 0 fully saturated rings. The van der Waals surface area contributed by atoms with Gasteiger partial charge in [0.2, 0.25) is 6.08 Å². The molecular weight excluding hydrogens is 184 g/mol. The number of nitrogens with zero attached hydrogens (tertiary/aromatic N) is 2. The molecule has 0 saturated carbocycles. The topological polar surface area (TPSA) is 72.6 Å². The molecule has 5 nitrogen and oxygen atoms in total. The Hall–Kier alpha value is -2.00. The maximum atomic E-state index is 10.6. The van der Waals surface area contributed by atoms with E-state index in [0.29, 0.717) is 5.56 Å². The third-order valence-electron chi connectivity index (χ3n) is 1.75. The van der Waals surface area contributed by atoms with E-state index in [0.717, 1.165) is 5.56 Å². The molecule has 5 heteroatoms. The zero-order valence-electron chi connectivity index (χ0n) is 7.56. The van der Waals surface area contributed by atoms with E-state index >= 15 is 0 Å². The number of isocyanates is 1. The molecule has 0 aliphatic carbocycles. The Labute approximate surface area is 80.2 Å². The van der Waals surface area contributed by atoms with Crippen LogP contribution in [0.1, 0.15) is 11.1 Å². The van der Waals surface area contributed by atoms with E-state index < -0.39 is 4.92 Å². The molecule has 72 valence electrons. The Morgan fingerprint density at radius 2 is 2.29 bits per heavy atom. The Morgan fingerprint density at radius 1 is 1.57 bits per heavy atom. The average molecular weight is 192 g/mol. The summed E-state index contributed by atoms with van der Waals surface area (Å²) in [5.41, 5.74) is 1.31. The van der Waals surface area contributed by atoms with Crippen molar-refractivity contribution in [1.82, 2.24) is 0 Å². The number of nitro groups is 1. The van der Waals surface area contributed by atoms with Crippen LogP contribution in [0, 0.1) is 17.0 Å². The highest BCUT2D eigenvalue weighted by Gasteiger charge is 2.12. The predicted molar refractivity (Wildman–Crippen MR) is 49.7 cm³/mol. The zero-order chi connectivity index (χ0) is 10.6. The fraction of sp³-hybridized carbons (Fsp3) is 0.222. The van der Waals surface area contributed by atoms with E-state index in [4.69, 9.17) is 0 Å². The van der Waals surface area contributed by atoms with Gasteiger partial charge < -0.3 is 0 Å². The molecule has 1 aromatic carbocycles. The lowest BCUT2D eigenvalue weighted by Gasteiger charge is -1.99. The van der Waals surface area contributed by atoms with E-state index in [1.54, 1.807) is 12.1 Å². The van der Waals surface area contributed by atoms with Crippen molar-refractivity contribution in [3.8, 4) is 0 Å². The molecular formula is C9H8N2O3. The van der Waals surface area contributed by atoms with E-state index in [1.165, 1.54) is 12.1 Å². The summed E-state index contributed by atoms with van der Waals surface area (Å²) < 4.78 is 0. The smallest absolute Gasteiger partial charge is 0.258 e. The van der Waals surface area contributed by atoms with E-state index in [9.17, 15) is 14.9 Å². The SMILES string of the molecule is Cc1ccc([N+](=O)[O-])c(CN=C=O)c1. The Morgan fingerprint density at radius 3 is 2.86 bits per heavy atom. The minimum atomic E-state index is -0.491. The van der Waals surface area contributed by atoms with Crippen LogP contribution in [0.2, 0.25) is 0 Å². The summed E-state index contributed by atoms with van der Waals surface area (Å²) >= 11 is 0. The van der Waals surface area contributed by atoms with Crippen molar-refractivity contribution < 1.29 is 9.72 Å². The largest absolute Gasteiger partial charge is 0.274 e. The molecule has 0 atom stereocenters. The molecule has 0 heterocycles. The maximum Gasteiger partial charge on any atom is 0.274 e. The molecule has 0 aliphatic rings. The van der Waals surface area contributed by atoms with Crippen LogP contribution in [-0.2, 0) is 11.3 Å². The molecule has 0 unspecified atom stereocenters. The van der Waals surface area contributed by atoms with E-state index in [-0.39, 0.29) is 12.2 Å². The second-order valence-electron chi connectivity index (χ2n) is 2.80. The minimum absolute atomic E-state index is 0.00148. The first-order valence-corrected chi connectivity index (χ1v) is 3.92. The number of nitro benzene ring substituents is 1. The van der Waals surface area contributed by atoms with Gasteiger partial charge in [0.05, 0.1) is 17.0 Å². The molecule has 0 radical (unpaired) electrons. The number of hydrogen-bond acceptors (Lipinski definition) is 4. The van der Waals surface area contributed by atoms with Crippen LogP contribution < -0.4 is 0 Å². The summed E-state index contributed by atoms with van der Waals surface area (Å²) in [6.07, 6.45) is 1.35. The van der Waals surface area contributed by atoms with Crippen LogP contribution >= 0.6 is 0 Å². The highest BCUT2D eigenvalue weighted by atomic mass is 16.6. The number of aliphatic imine (C=N–C) groups is 1. The fourth-order valence-corrected chi connectivity index (χ4v) is 1.14. The van der Waals surface area contributed by atoms with Crippen LogP contribution in [0.15, 0.2) is 23.2 Å². The zero-order valence-corrected chi connectivity index (χ0v) is 7.56. The number of carbonyl (C=O) groups excluding carboxylic acids is 1. The van der Waals surface area contributed by atoms with Crippen LogP contribution in [-0.4, -0.2) is 11.0 Å². The quantitative estimate of drug-likeness (QED) is 0.317. The first-order valence-electron chi connectivity index (χ1n) is 3.92. The standard InChI is InChI=1S/C9H8N2O3/c1-7-2-3-9(11(13)14)8(4-7)5-10-6-12/h2-4H,5H2,1H3. The van der Waals surface area contributed by atoms with Crippen molar-refractivity contribution >= 4 is 11.8 Å². The number of hydrogen-bond donors (Lipinski definition) is 0. The van der Waals surface area contributed by atoms with Gasteiger partial charge in [-0.2, -0.15) is 0 Å². The fourth-order valence-electron chi connectivity index (χ4n) is 1.14. The lowest BCUT2D eigenvalue weighted by molar-refractivity contribution is -0.385. The number of aryl methyl sites for hydroxylation is 1. The van der Waals surface area contributed by atoms with Crippen molar-refractivity contribution in [3.05, 3.63) is 39.4 Å². The highest BCUT2D eigenvalue weighted by Crippen LogP contribution is 2.20. The van der Waals surface area contributed by atoms with Gasteiger partial charge in [-0.15, -0.1) is 0 Å². The Bertz CT molecular complexity index is 409. The van der Waals surface area contributed by atoms with Crippen LogP contribution in [0.25, 0.3) is 0 Å². The average Bonchev–Trinajstić information content (AvgIpc) is 2.14. The van der Waals surface area contributed by atoms with Crippen molar-refractivity contribution in [3.63, 3.8) is 0 Å². The van der Waals surface area contributed by atoms with Gasteiger partial charge in [-0.1, -0.05) is 11.6 Å². The maximum absolute atomic E-state index is 10.6. The monoisotopic (exact) mass is 192 g/mol. The van der Waals surface area contributed by atoms with Crippen LogP contribution in [0.3, 0.4) is 0 Å². The van der Waals surface area contributed by atoms with Gasteiger partial charge in [-0.05, 0) is 13.0 Å². The second-order valence-corrected chi connectivity index (χ2v) is 2.80. The second kappa shape index (κ2) is 4.30. The molecule has 14 heavy (non-hydrogen) atoms. The Balaban J connectivity index is 3.15. The van der Waals surface area contributed by atoms with Gasteiger partial charge >= 0.3 is 0 Å². The summed E-state index contributed by atoms with van der Waals surface area (Å²) in [6, 6.07) is 4.69. The van der Waals surface area contributed by atoms with Gasteiger partial charge in [-0.3, -0.25) is 10.1 Å². The predicted octanol–water partition coefficient (Wildman–Crippen LogP) is 1.74. The summed E-state index contributed by atoms with van der Waals surface area (Å²) in [4.78, 5) is 23.3. The van der Waals surface area contributed by atoms with E-state index in [2.05, 4.69) is 4.99 Å². The summed E-state index contributed by atoms with van der Waals surface area (Å²) in [6.45, 7) is 1.82. The van der Waals surface area contributed by atoms with Gasteiger partial charge in [0.1, 0.15) is 0 Å². The third kappa shape index (κ3) is 2.24. The third-order valence-corrected chi connectivity index (χ3v) is 1.75. The molecule has 0 amide bonds. The van der Waals surface area contributed by atoms with Crippen molar-refractivity contribution in [2.45, 2.75) is 13.5 Å². The molecule has 1 aromatic rings. The molecule has 0 spiro atoms. The van der Waals surface area contributed by atoms with Gasteiger partial charge in [0.25, 0.3) is 5.69 Å². The van der Waals surface area contributed by atoms with E-state index in [1.807, 2.05) is 6.92 Å². The molecule has 1 rings (SSSR count). The van der Waals surface area contributed by atoms with Gasteiger partial charge in [-0.25, -0.2) is 9.79 Å². The molecule has 0 aliphatic heterocycles. The van der Waals surface area contributed by atoms with Crippen molar-refractivity contribution in [2.24, 2.45) is 4.99 Å². The van der Waals surface area contributed by atoms with Gasteiger partial charge in [0, 0.05) is 6.07 Å². The molecule has 0 bridgehead atoms. The molecule has 0 N–H and O–H groups in total. The lowest BCUT2D eigenvalue weighted by atomic mass is 10.1. The van der Waals surface area contributed by atoms with Gasteiger partial charge in [0.15, 0.2) is 0 Å². The summed E-state index contributed by atoms with van der Waals surface area (Å²) in [5, 5.41) is 10.6. The number of rotatable bonds is 3. The first-order chi connectivity index (χ1) is 6.65. The normalized spacial score (nSPS) is 9.21. The van der Waals surface area contributed by atoms with Crippen molar-refractivity contribution in [1.29, 1.82) is 0 Å².